The summed E-state index contributed by atoms with van der Waals surface area (Å²) >= 11 is 0. The summed E-state index contributed by atoms with van der Waals surface area (Å²) < 4.78 is 10.9. The minimum atomic E-state index is -1.32. The lowest BCUT2D eigenvalue weighted by molar-refractivity contribution is 0.0694. The second-order valence-corrected chi connectivity index (χ2v) is 4.05. The Balaban J connectivity index is 2.12. The molecule has 0 saturated heterocycles. The molecule has 0 amide bonds. The Bertz CT molecular complexity index is 696. The highest BCUT2D eigenvalue weighted by atomic mass is 16.5. The van der Waals surface area contributed by atoms with E-state index in [4.69, 9.17) is 14.6 Å². The van der Waals surface area contributed by atoms with Crippen LogP contribution in [0.4, 0.5) is 0 Å². The number of ether oxygens (including phenoxy) is 2. The lowest BCUT2D eigenvalue weighted by Gasteiger charge is -2.11. The van der Waals surface area contributed by atoms with Gasteiger partial charge in [0.1, 0.15) is 18.0 Å². The summed E-state index contributed by atoms with van der Waals surface area (Å²) in [7, 11) is 0. The highest BCUT2D eigenvalue weighted by Crippen LogP contribution is 2.26. The highest BCUT2D eigenvalue weighted by molar-refractivity contribution is 5.86. The van der Waals surface area contributed by atoms with E-state index in [2.05, 4.69) is 9.97 Å². The third kappa shape index (κ3) is 3.59. The summed E-state index contributed by atoms with van der Waals surface area (Å²) in [5.74, 6) is 0.0167. The number of nitrogens with one attached hydrogen (secondary N) is 1. The van der Waals surface area contributed by atoms with Crippen molar-refractivity contribution in [2.45, 2.75) is 13.5 Å². The first kappa shape index (κ1) is 14.6. The number of carboxylic acid groups (broad SMARTS) is 1. The van der Waals surface area contributed by atoms with Gasteiger partial charge >= 0.3 is 5.97 Å². The van der Waals surface area contributed by atoms with E-state index in [1.165, 1.54) is 0 Å². The van der Waals surface area contributed by atoms with Crippen LogP contribution in [0.1, 0.15) is 23.1 Å². The number of aromatic carboxylic acids is 1. The molecule has 0 aliphatic rings. The van der Waals surface area contributed by atoms with Gasteiger partial charge in [-0.15, -0.1) is 0 Å². The second-order valence-electron chi connectivity index (χ2n) is 4.05. The predicted octanol–water partition coefficient (Wildman–Crippen LogP) is 1.45. The van der Waals surface area contributed by atoms with E-state index in [9.17, 15) is 9.59 Å². The fraction of sp³-hybridized carbons (Fsp3) is 0.214. The lowest BCUT2D eigenvalue weighted by atomic mass is 10.3. The van der Waals surface area contributed by atoms with E-state index >= 15 is 0 Å². The van der Waals surface area contributed by atoms with Crippen molar-refractivity contribution in [3.05, 3.63) is 52.2 Å². The molecule has 1 aromatic carbocycles. The van der Waals surface area contributed by atoms with Crippen LogP contribution in [0.15, 0.2) is 35.3 Å². The summed E-state index contributed by atoms with van der Waals surface area (Å²) in [5.41, 5.74) is -1.12. The maximum absolute atomic E-state index is 11.5. The molecule has 0 atom stereocenters. The quantitative estimate of drug-likeness (QED) is 0.834. The first-order chi connectivity index (χ1) is 10.1. The molecule has 2 rings (SSSR count). The van der Waals surface area contributed by atoms with E-state index in [1.807, 2.05) is 13.0 Å². The van der Waals surface area contributed by atoms with E-state index < -0.39 is 17.1 Å². The standard InChI is InChI=1S/C14H14N2O5/c1-2-20-10-5-3-4-6-11(10)21-8-12-15-7-9(14(18)19)13(17)16-12/h3-7H,2,8H2,1H3,(H,18,19)(H,15,16,17). The summed E-state index contributed by atoms with van der Waals surface area (Å²) in [5, 5.41) is 8.75. The normalized spacial score (nSPS) is 10.1. The van der Waals surface area contributed by atoms with Gasteiger partial charge in [-0.1, -0.05) is 12.1 Å². The van der Waals surface area contributed by atoms with Gasteiger partial charge in [-0.05, 0) is 19.1 Å². The number of aromatic nitrogens is 2. The van der Waals surface area contributed by atoms with Crippen molar-refractivity contribution in [3.8, 4) is 11.5 Å². The summed E-state index contributed by atoms with van der Waals surface area (Å²) in [6, 6.07) is 7.11. The van der Waals surface area contributed by atoms with Crippen molar-refractivity contribution in [1.82, 2.24) is 9.97 Å². The molecule has 7 nitrogen and oxygen atoms in total. The van der Waals surface area contributed by atoms with Crippen molar-refractivity contribution in [2.75, 3.05) is 6.61 Å². The van der Waals surface area contributed by atoms with E-state index in [0.29, 0.717) is 18.1 Å². The Morgan fingerprint density at radius 3 is 2.52 bits per heavy atom. The molecule has 0 saturated carbocycles. The van der Waals surface area contributed by atoms with Gasteiger partial charge in [-0.25, -0.2) is 9.78 Å². The van der Waals surface area contributed by atoms with Crippen LogP contribution in [0.2, 0.25) is 0 Å². The van der Waals surface area contributed by atoms with Crippen LogP contribution in [-0.4, -0.2) is 27.7 Å². The number of carbonyl (C=O) groups is 1. The molecule has 21 heavy (non-hydrogen) atoms. The van der Waals surface area contributed by atoms with Crippen LogP contribution in [0.3, 0.4) is 0 Å². The number of H-pyrrole nitrogens is 1. The number of nitrogens with zero attached hydrogens (tertiary/aromatic N) is 1. The molecule has 0 radical (unpaired) electrons. The van der Waals surface area contributed by atoms with Gasteiger partial charge in [0.2, 0.25) is 0 Å². The molecule has 0 aliphatic heterocycles. The number of rotatable bonds is 6. The lowest BCUT2D eigenvalue weighted by Crippen LogP contribution is -2.20. The van der Waals surface area contributed by atoms with E-state index in [0.717, 1.165) is 6.20 Å². The Labute approximate surface area is 120 Å². The Morgan fingerprint density at radius 2 is 1.95 bits per heavy atom. The SMILES string of the molecule is CCOc1ccccc1OCc1ncc(C(=O)O)c(=O)[nH]1. The van der Waals surface area contributed by atoms with Gasteiger partial charge in [0, 0.05) is 6.20 Å². The minimum Gasteiger partial charge on any atom is -0.490 e. The molecule has 0 aliphatic carbocycles. The average molecular weight is 290 g/mol. The fourth-order valence-corrected chi connectivity index (χ4v) is 1.65. The third-order valence-corrected chi connectivity index (χ3v) is 2.60. The number of aromatic amines is 1. The van der Waals surface area contributed by atoms with Crippen LogP contribution in [0, 0.1) is 0 Å². The minimum absolute atomic E-state index is 0.000767. The van der Waals surface area contributed by atoms with Gasteiger partial charge in [0.05, 0.1) is 6.61 Å². The van der Waals surface area contributed by atoms with Crippen molar-refractivity contribution >= 4 is 5.97 Å². The topological polar surface area (TPSA) is 102 Å². The second kappa shape index (κ2) is 6.56. The number of hydrogen-bond acceptors (Lipinski definition) is 5. The molecule has 2 N–H and O–H groups in total. The molecule has 1 heterocycles. The van der Waals surface area contributed by atoms with Gasteiger partial charge in [0.15, 0.2) is 11.5 Å². The maximum Gasteiger partial charge on any atom is 0.342 e. The molecule has 110 valence electrons. The largest absolute Gasteiger partial charge is 0.490 e. The summed E-state index contributed by atoms with van der Waals surface area (Å²) in [4.78, 5) is 28.4. The number of hydrogen-bond donors (Lipinski definition) is 2. The fourth-order valence-electron chi connectivity index (χ4n) is 1.65. The zero-order chi connectivity index (χ0) is 15.2. The van der Waals surface area contributed by atoms with Crippen molar-refractivity contribution in [1.29, 1.82) is 0 Å². The van der Waals surface area contributed by atoms with E-state index in [1.54, 1.807) is 18.2 Å². The first-order valence-electron chi connectivity index (χ1n) is 6.28. The van der Waals surface area contributed by atoms with Crippen LogP contribution < -0.4 is 15.0 Å². The number of para-hydroxylation sites is 2. The Hall–Kier alpha value is -2.83. The highest BCUT2D eigenvalue weighted by Gasteiger charge is 2.10. The number of carboxylic acids is 1. The third-order valence-electron chi connectivity index (χ3n) is 2.60. The molecule has 2 aromatic rings. The molecule has 1 aromatic heterocycles. The first-order valence-corrected chi connectivity index (χ1v) is 6.28. The van der Waals surface area contributed by atoms with E-state index in [-0.39, 0.29) is 12.4 Å². The Morgan fingerprint density at radius 1 is 1.29 bits per heavy atom. The molecule has 7 heteroatoms. The van der Waals surface area contributed by atoms with Crippen LogP contribution in [-0.2, 0) is 6.61 Å². The van der Waals surface area contributed by atoms with Crippen LogP contribution >= 0.6 is 0 Å². The predicted molar refractivity (Wildman–Crippen MR) is 73.8 cm³/mol. The van der Waals surface area contributed by atoms with Crippen molar-refractivity contribution < 1.29 is 19.4 Å². The smallest absolute Gasteiger partial charge is 0.342 e. The van der Waals surface area contributed by atoms with Crippen molar-refractivity contribution in [2.24, 2.45) is 0 Å². The summed E-state index contributed by atoms with van der Waals surface area (Å²) in [6.07, 6.45) is 1.01. The molecular formula is C14H14N2O5. The van der Waals surface area contributed by atoms with Crippen LogP contribution in [0.5, 0.6) is 11.5 Å². The maximum atomic E-state index is 11.5. The zero-order valence-electron chi connectivity index (χ0n) is 11.3. The molecule has 0 bridgehead atoms. The van der Waals surface area contributed by atoms with Gasteiger partial charge in [-0.3, -0.25) is 4.79 Å². The van der Waals surface area contributed by atoms with Gasteiger partial charge in [-0.2, -0.15) is 0 Å². The Kier molecular flexibility index (Phi) is 4.55. The average Bonchev–Trinajstić information content (AvgIpc) is 2.46. The molecule has 0 spiro atoms. The van der Waals surface area contributed by atoms with Crippen molar-refractivity contribution in [3.63, 3.8) is 0 Å². The van der Waals surface area contributed by atoms with Gasteiger partial charge < -0.3 is 19.6 Å². The number of benzene rings is 1. The zero-order valence-corrected chi connectivity index (χ0v) is 11.3. The van der Waals surface area contributed by atoms with Crippen LogP contribution in [0.25, 0.3) is 0 Å². The molecule has 0 fully saturated rings. The molecule has 0 unspecified atom stereocenters. The molecular weight excluding hydrogens is 276 g/mol. The van der Waals surface area contributed by atoms with Gasteiger partial charge in [0.25, 0.3) is 5.56 Å². The summed E-state index contributed by atoms with van der Waals surface area (Å²) in [6.45, 7) is 2.36. The monoisotopic (exact) mass is 290 g/mol.